The maximum absolute atomic E-state index is 12.7. The van der Waals surface area contributed by atoms with Crippen LogP contribution in [0.5, 0.6) is 0 Å². The molecule has 0 heterocycles. The molecule has 0 N–H and O–H groups in total. The topological polar surface area (TPSA) is 0 Å². The summed E-state index contributed by atoms with van der Waals surface area (Å²) in [5.74, 6) is -1.65. The maximum atomic E-state index is 12.7. The highest BCUT2D eigenvalue weighted by atomic mass is 35.5. The van der Waals surface area contributed by atoms with Crippen LogP contribution >= 0.6 is 23.4 Å². The summed E-state index contributed by atoms with van der Waals surface area (Å²) in [5, 5.41) is 0.223. The van der Waals surface area contributed by atoms with E-state index in [0.29, 0.717) is 0 Å². The van der Waals surface area contributed by atoms with Gasteiger partial charge in [-0.1, -0.05) is 6.07 Å². The second-order valence-electron chi connectivity index (χ2n) is 1.81. The standard InChI is InChI=1S/C7H5ClF2S/c8-4-11-6-3-1-2-5(9)7(6)10/h1-3H,4H2. The molecule has 0 aliphatic carbocycles. The van der Waals surface area contributed by atoms with Crippen molar-refractivity contribution in [1.82, 2.24) is 0 Å². The van der Waals surface area contributed by atoms with Crippen LogP contribution in [0.2, 0.25) is 0 Å². The Morgan fingerprint density at radius 1 is 1.36 bits per heavy atom. The molecule has 0 aromatic heterocycles. The minimum Gasteiger partial charge on any atom is -0.204 e. The molecule has 0 fully saturated rings. The van der Waals surface area contributed by atoms with Crippen molar-refractivity contribution in [3.63, 3.8) is 0 Å². The van der Waals surface area contributed by atoms with Crippen LogP contribution in [0.1, 0.15) is 0 Å². The summed E-state index contributed by atoms with van der Waals surface area (Å²) in [6.07, 6.45) is 0. The summed E-state index contributed by atoms with van der Waals surface area (Å²) in [5.41, 5.74) is 0. The van der Waals surface area contributed by atoms with Gasteiger partial charge in [0.25, 0.3) is 0 Å². The lowest BCUT2D eigenvalue weighted by molar-refractivity contribution is 0.491. The summed E-state index contributed by atoms with van der Waals surface area (Å²) in [7, 11) is 0. The molecule has 0 amide bonds. The van der Waals surface area contributed by atoms with E-state index < -0.39 is 11.6 Å². The molecule has 0 aliphatic rings. The second-order valence-corrected chi connectivity index (χ2v) is 3.41. The van der Waals surface area contributed by atoms with Crippen LogP contribution in [-0.2, 0) is 0 Å². The fourth-order valence-corrected chi connectivity index (χ4v) is 1.52. The molecule has 4 heteroatoms. The van der Waals surface area contributed by atoms with Crippen molar-refractivity contribution in [1.29, 1.82) is 0 Å². The summed E-state index contributed by atoms with van der Waals surface area (Å²) in [4.78, 5) is 0.250. The lowest BCUT2D eigenvalue weighted by atomic mass is 10.3. The summed E-state index contributed by atoms with van der Waals surface area (Å²) in [6.45, 7) is 0. The van der Waals surface area contributed by atoms with Crippen LogP contribution in [0.25, 0.3) is 0 Å². The van der Waals surface area contributed by atoms with Crippen molar-refractivity contribution < 1.29 is 8.78 Å². The van der Waals surface area contributed by atoms with Gasteiger partial charge in [-0.2, -0.15) is 0 Å². The molecule has 0 saturated heterocycles. The summed E-state index contributed by atoms with van der Waals surface area (Å²) in [6, 6.07) is 4.02. The number of benzene rings is 1. The van der Waals surface area contributed by atoms with E-state index in [1.54, 1.807) is 0 Å². The summed E-state index contributed by atoms with van der Waals surface area (Å²) < 4.78 is 25.2. The predicted octanol–water partition coefficient (Wildman–Crippen LogP) is 3.25. The van der Waals surface area contributed by atoms with Gasteiger partial charge < -0.3 is 0 Å². The Morgan fingerprint density at radius 3 is 2.73 bits per heavy atom. The van der Waals surface area contributed by atoms with E-state index in [2.05, 4.69) is 0 Å². The molecule has 60 valence electrons. The Kier molecular flexibility index (Phi) is 3.15. The van der Waals surface area contributed by atoms with E-state index >= 15 is 0 Å². The van der Waals surface area contributed by atoms with Crippen molar-refractivity contribution in [3.8, 4) is 0 Å². The molecule has 1 aromatic rings. The number of thioether (sulfide) groups is 1. The Hall–Kier alpha value is -0.280. The van der Waals surface area contributed by atoms with Crippen molar-refractivity contribution in [2.24, 2.45) is 0 Å². The Balaban J connectivity index is 2.96. The number of alkyl halides is 1. The smallest absolute Gasteiger partial charge is 0.172 e. The minimum atomic E-state index is -0.833. The third-order valence-electron chi connectivity index (χ3n) is 1.13. The third kappa shape index (κ3) is 2.07. The number of halogens is 3. The van der Waals surface area contributed by atoms with E-state index in [1.807, 2.05) is 0 Å². The van der Waals surface area contributed by atoms with Gasteiger partial charge in [-0.05, 0) is 12.1 Å². The molecule has 0 saturated carbocycles. The van der Waals surface area contributed by atoms with Crippen LogP contribution in [0, 0.1) is 11.6 Å². The molecule has 11 heavy (non-hydrogen) atoms. The van der Waals surface area contributed by atoms with E-state index in [-0.39, 0.29) is 10.1 Å². The van der Waals surface area contributed by atoms with Gasteiger partial charge in [-0.25, -0.2) is 8.78 Å². The van der Waals surface area contributed by atoms with Crippen molar-refractivity contribution >= 4 is 23.4 Å². The molecule has 0 bridgehead atoms. The molecular weight excluding hydrogens is 190 g/mol. The fourth-order valence-electron chi connectivity index (χ4n) is 0.654. The first kappa shape index (κ1) is 8.81. The van der Waals surface area contributed by atoms with E-state index in [0.717, 1.165) is 17.8 Å². The Bertz CT molecular complexity index is 252. The predicted molar refractivity (Wildman–Crippen MR) is 42.9 cm³/mol. The number of hydrogen-bond donors (Lipinski definition) is 0. The van der Waals surface area contributed by atoms with Crippen molar-refractivity contribution in [2.45, 2.75) is 4.90 Å². The van der Waals surface area contributed by atoms with Crippen LogP contribution in [0.15, 0.2) is 23.1 Å². The maximum Gasteiger partial charge on any atom is 0.172 e. The minimum absolute atomic E-state index is 0.223. The van der Waals surface area contributed by atoms with Gasteiger partial charge in [0.05, 0.1) is 5.21 Å². The average molecular weight is 195 g/mol. The van der Waals surface area contributed by atoms with E-state index in [4.69, 9.17) is 11.6 Å². The zero-order valence-corrected chi connectivity index (χ0v) is 7.05. The molecule has 0 aliphatic heterocycles. The second kappa shape index (κ2) is 3.93. The van der Waals surface area contributed by atoms with Gasteiger partial charge in [0.2, 0.25) is 0 Å². The molecule has 0 spiro atoms. The van der Waals surface area contributed by atoms with Gasteiger partial charge in [0.15, 0.2) is 11.6 Å². The van der Waals surface area contributed by atoms with Gasteiger partial charge >= 0.3 is 0 Å². The van der Waals surface area contributed by atoms with Crippen LogP contribution in [0.4, 0.5) is 8.78 Å². The molecule has 0 unspecified atom stereocenters. The van der Waals surface area contributed by atoms with Crippen molar-refractivity contribution in [3.05, 3.63) is 29.8 Å². The Morgan fingerprint density at radius 2 is 2.09 bits per heavy atom. The quantitative estimate of drug-likeness (QED) is 0.515. The largest absolute Gasteiger partial charge is 0.204 e. The SMILES string of the molecule is Fc1cccc(SCCl)c1F. The first-order valence-corrected chi connectivity index (χ1v) is 4.40. The molecule has 0 radical (unpaired) electrons. The highest BCUT2D eigenvalue weighted by molar-refractivity contribution is 8.00. The fraction of sp³-hybridized carbons (Fsp3) is 0.143. The van der Waals surface area contributed by atoms with Gasteiger partial charge in [0, 0.05) is 4.90 Å². The van der Waals surface area contributed by atoms with Crippen molar-refractivity contribution in [2.75, 3.05) is 5.21 Å². The van der Waals surface area contributed by atoms with Crippen LogP contribution in [0.3, 0.4) is 0 Å². The van der Waals surface area contributed by atoms with Gasteiger partial charge in [0.1, 0.15) is 0 Å². The van der Waals surface area contributed by atoms with Crippen LogP contribution in [-0.4, -0.2) is 5.21 Å². The highest BCUT2D eigenvalue weighted by Gasteiger charge is 2.06. The summed E-state index contributed by atoms with van der Waals surface area (Å²) >= 11 is 6.40. The zero-order chi connectivity index (χ0) is 8.27. The van der Waals surface area contributed by atoms with E-state index in [1.165, 1.54) is 12.1 Å². The van der Waals surface area contributed by atoms with Gasteiger partial charge in [-0.3, -0.25) is 0 Å². The number of hydrogen-bond acceptors (Lipinski definition) is 1. The Labute approximate surface area is 72.6 Å². The normalized spacial score (nSPS) is 10.1. The lowest BCUT2D eigenvalue weighted by Gasteiger charge is -1.98. The molecule has 0 atom stereocenters. The van der Waals surface area contributed by atoms with E-state index in [9.17, 15) is 8.78 Å². The monoisotopic (exact) mass is 194 g/mol. The first-order chi connectivity index (χ1) is 5.25. The molecular formula is C7H5ClF2S. The van der Waals surface area contributed by atoms with Gasteiger partial charge in [-0.15, -0.1) is 23.4 Å². The molecule has 1 rings (SSSR count). The number of rotatable bonds is 2. The molecule has 0 nitrogen and oxygen atoms in total. The highest BCUT2D eigenvalue weighted by Crippen LogP contribution is 2.23. The molecule has 1 aromatic carbocycles. The third-order valence-corrected chi connectivity index (χ3v) is 2.19. The lowest BCUT2D eigenvalue weighted by Crippen LogP contribution is -1.85. The zero-order valence-electron chi connectivity index (χ0n) is 5.48. The first-order valence-electron chi connectivity index (χ1n) is 2.88. The average Bonchev–Trinajstić information content (AvgIpc) is 1.99. The van der Waals surface area contributed by atoms with Crippen LogP contribution < -0.4 is 0 Å².